The van der Waals surface area contributed by atoms with Crippen LogP contribution in [-0.4, -0.2) is 39.4 Å². The van der Waals surface area contributed by atoms with Gasteiger partial charge >= 0.3 is 0 Å². The molecule has 0 spiro atoms. The summed E-state index contributed by atoms with van der Waals surface area (Å²) in [5.74, 6) is 1.15. The largest absolute Gasteiger partial charge is 0.494 e. The predicted octanol–water partition coefficient (Wildman–Crippen LogP) is 4.25. The molecular formula is C24H24N4O2S. The Bertz CT molecular complexity index is 1140. The van der Waals surface area contributed by atoms with Crippen LogP contribution in [0, 0.1) is 0 Å². The molecule has 1 amide bonds. The number of hydrogen-bond donors (Lipinski definition) is 1. The summed E-state index contributed by atoms with van der Waals surface area (Å²) in [7, 11) is 0. The van der Waals surface area contributed by atoms with Gasteiger partial charge in [-0.3, -0.25) is 4.79 Å². The van der Waals surface area contributed by atoms with Crippen molar-refractivity contribution in [1.29, 1.82) is 0 Å². The van der Waals surface area contributed by atoms with Crippen LogP contribution in [0.5, 0.6) is 5.75 Å². The van der Waals surface area contributed by atoms with Gasteiger partial charge in [-0.1, -0.05) is 42.1 Å². The first kappa shape index (κ1) is 20.9. The number of carbonyl (C=O) groups excluding carboxylic acids is 1. The van der Waals surface area contributed by atoms with E-state index in [0.717, 1.165) is 34.0 Å². The molecule has 4 rings (SSSR count). The molecule has 0 atom stereocenters. The number of rotatable bonds is 9. The highest BCUT2D eigenvalue weighted by Crippen LogP contribution is 2.27. The Morgan fingerprint density at radius 3 is 2.71 bits per heavy atom. The minimum Gasteiger partial charge on any atom is -0.494 e. The van der Waals surface area contributed by atoms with Crippen LogP contribution in [0.15, 0.2) is 78.1 Å². The number of hydrogen-bond acceptors (Lipinski definition) is 5. The summed E-state index contributed by atoms with van der Waals surface area (Å²) in [4.78, 5) is 16.7. The Morgan fingerprint density at radius 2 is 1.94 bits per heavy atom. The molecule has 0 radical (unpaired) electrons. The van der Waals surface area contributed by atoms with Gasteiger partial charge in [-0.05, 0) is 49.2 Å². The fourth-order valence-electron chi connectivity index (χ4n) is 3.21. The van der Waals surface area contributed by atoms with Crippen molar-refractivity contribution in [3.8, 4) is 17.0 Å². The van der Waals surface area contributed by atoms with Crippen molar-refractivity contribution in [2.45, 2.75) is 18.4 Å². The van der Waals surface area contributed by atoms with E-state index in [2.05, 4.69) is 27.5 Å². The standard InChI is InChI=1S/C24H24N4O2S/c1-2-30-20-10-8-19(9-11-20)21-16-22-24(26-14-15-28(22)27-21)31-17-23(29)25-13-12-18-6-4-3-5-7-18/h3-11,14-16H,2,12-13,17H2,1H3,(H,25,29). The molecule has 31 heavy (non-hydrogen) atoms. The summed E-state index contributed by atoms with van der Waals surface area (Å²) in [6.45, 7) is 3.22. The highest BCUT2D eigenvalue weighted by molar-refractivity contribution is 8.00. The van der Waals surface area contributed by atoms with E-state index in [0.29, 0.717) is 18.9 Å². The number of aromatic nitrogens is 3. The van der Waals surface area contributed by atoms with Crippen LogP contribution in [0.1, 0.15) is 12.5 Å². The van der Waals surface area contributed by atoms with E-state index in [1.165, 1.54) is 17.3 Å². The minimum absolute atomic E-state index is 0.00372. The van der Waals surface area contributed by atoms with Crippen LogP contribution < -0.4 is 10.1 Å². The van der Waals surface area contributed by atoms with Crippen LogP contribution in [0.3, 0.4) is 0 Å². The summed E-state index contributed by atoms with van der Waals surface area (Å²) < 4.78 is 7.31. The summed E-state index contributed by atoms with van der Waals surface area (Å²) in [6.07, 6.45) is 4.34. The number of nitrogens with one attached hydrogen (secondary N) is 1. The van der Waals surface area contributed by atoms with Crippen molar-refractivity contribution in [1.82, 2.24) is 19.9 Å². The number of amides is 1. The van der Waals surface area contributed by atoms with Crippen LogP contribution >= 0.6 is 11.8 Å². The lowest BCUT2D eigenvalue weighted by molar-refractivity contribution is -0.118. The van der Waals surface area contributed by atoms with Gasteiger partial charge in [0.25, 0.3) is 0 Å². The monoisotopic (exact) mass is 432 g/mol. The zero-order valence-corrected chi connectivity index (χ0v) is 18.1. The SMILES string of the molecule is CCOc1ccc(-c2cc3c(SCC(=O)NCCc4ccccc4)nccn3n2)cc1. The van der Waals surface area contributed by atoms with Crippen LogP contribution in [0.2, 0.25) is 0 Å². The second kappa shape index (κ2) is 10.1. The first-order valence-corrected chi connectivity index (χ1v) is 11.2. The molecule has 0 aliphatic heterocycles. The van der Waals surface area contributed by atoms with Crippen LogP contribution in [-0.2, 0) is 11.2 Å². The molecule has 7 heteroatoms. The van der Waals surface area contributed by atoms with Crippen molar-refractivity contribution in [3.63, 3.8) is 0 Å². The maximum atomic E-state index is 12.3. The third-order valence-corrected chi connectivity index (χ3v) is 5.73. The quantitative estimate of drug-likeness (QED) is 0.401. The molecule has 2 aromatic heterocycles. The minimum atomic E-state index is -0.00372. The van der Waals surface area contributed by atoms with Gasteiger partial charge in [0.2, 0.25) is 5.91 Å². The highest BCUT2D eigenvalue weighted by atomic mass is 32.2. The molecule has 2 heterocycles. The molecule has 6 nitrogen and oxygen atoms in total. The number of fused-ring (bicyclic) bond motifs is 1. The van der Waals surface area contributed by atoms with Crippen molar-refractivity contribution < 1.29 is 9.53 Å². The Balaban J connectivity index is 1.38. The fraction of sp³-hybridized carbons (Fsp3) is 0.208. The fourth-order valence-corrected chi connectivity index (χ4v) is 4.02. The molecule has 0 unspecified atom stereocenters. The molecule has 4 aromatic rings. The molecule has 0 saturated heterocycles. The van der Waals surface area contributed by atoms with Gasteiger partial charge in [-0.2, -0.15) is 5.10 Å². The van der Waals surface area contributed by atoms with E-state index in [1.54, 1.807) is 10.7 Å². The van der Waals surface area contributed by atoms with Gasteiger partial charge in [0.1, 0.15) is 10.8 Å². The second-order valence-corrected chi connectivity index (χ2v) is 7.89. The van der Waals surface area contributed by atoms with Crippen molar-refractivity contribution >= 4 is 23.2 Å². The number of benzene rings is 2. The number of thioether (sulfide) groups is 1. The maximum absolute atomic E-state index is 12.3. The molecule has 2 aromatic carbocycles. The molecule has 1 N–H and O–H groups in total. The van der Waals surface area contributed by atoms with E-state index in [-0.39, 0.29) is 5.91 Å². The van der Waals surface area contributed by atoms with Gasteiger partial charge in [-0.15, -0.1) is 0 Å². The molecule has 0 fully saturated rings. The van der Waals surface area contributed by atoms with Gasteiger partial charge in [-0.25, -0.2) is 9.50 Å². The molecule has 0 bridgehead atoms. The Kier molecular flexibility index (Phi) is 6.84. The van der Waals surface area contributed by atoms with E-state index < -0.39 is 0 Å². The first-order chi connectivity index (χ1) is 15.2. The average Bonchev–Trinajstić information content (AvgIpc) is 3.24. The summed E-state index contributed by atoms with van der Waals surface area (Å²) in [5, 5.41) is 8.41. The molecule has 158 valence electrons. The van der Waals surface area contributed by atoms with Crippen LogP contribution in [0.25, 0.3) is 16.8 Å². The number of carbonyl (C=O) groups is 1. The molecule has 0 saturated carbocycles. The zero-order chi connectivity index (χ0) is 21.5. The third-order valence-electron chi connectivity index (χ3n) is 4.73. The topological polar surface area (TPSA) is 68.5 Å². The maximum Gasteiger partial charge on any atom is 0.230 e. The average molecular weight is 433 g/mol. The lowest BCUT2D eigenvalue weighted by Crippen LogP contribution is -2.27. The van der Waals surface area contributed by atoms with Gasteiger partial charge in [0, 0.05) is 24.5 Å². The molecule has 0 aliphatic carbocycles. The molecule has 0 aliphatic rings. The second-order valence-electron chi connectivity index (χ2n) is 6.92. The smallest absolute Gasteiger partial charge is 0.230 e. The normalized spacial score (nSPS) is 10.9. The first-order valence-electron chi connectivity index (χ1n) is 10.2. The Labute approximate surface area is 185 Å². The van der Waals surface area contributed by atoms with Gasteiger partial charge in [0.15, 0.2) is 0 Å². The number of nitrogens with zero attached hydrogens (tertiary/aromatic N) is 3. The summed E-state index contributed by atoms with van der Waals surface area (Å²) in [5.41, 5.74) is 3.95. The predicted molar refractivity (Wildman–Crippen MR) is 123 cm³/mol. The Hall–Kier alpha value is -3.32. The van der Waals surface area contributed by atoms with Gasteiger partial charge in [0.05, 0.1) is 23.6 Å². The van der Waals surface area contributed by atoms with E-state index in [9.17, 15) is 4.79 Å². The zero-order valence-electron chi connectivity index (χ0n) is 17.3. The Morgan fingerprint density at radius 1 is 1.13 bits per heavy atom. The highest BCUT2D eigenvalue weighted by Gasteiger charge is 2.11. The van der Waals surface area contributed by atoms with Crippen molar-refractivity contribution in [2.75, 3.05) is 18.9 Å². The van der Waals surface area contributed by atoms with E-state index in [4.69, 9.17) is 4.74 Å². The van der Waals surface area contributed by atoms with Crippen molar-refractivity contribution in [3.05, 3.63) is 78.6 Å². The van der Waals surface area contributed by atoms with E-state index >= 15 is 0 Å². The summed E-state index contributed by atoms with van der Waals surface area (Å²) >= 11 is 1.42. The van der Waals surface area contributed by atoms with Crippen LogP contribution in [0.4, 0.5) is 0 Å². The molecular weight excluding hydrogens is 408 g/mol. The van der Waals surface area contributed by atoms with E-state index in [1.807, 2.05) is 61.7 Å². The number of ether oxygens (including phenoxy) is 1. The lowest BCUT2D eigenvalue weighted by atomic mass is 10.1. The van der Waals surface area contributed by atoms with Crippen molar-refractivity contribution in [2.24, 2.45) is 0 Å². The summed E-state index contributed by atoms with van der Waals surface area (Å²) in [6, 6.07) is 20.0. The van der Waals surface area contributed by atoms with Gasteiger partial charge < -0.3 is 10.1 Å². The third kappa shape index (κ3) is 5.44. The lowest BCUT2D eigenvalue weighted by Gasteiger charge is -2.05.